The quantitative estimate of drug-likeness (QED) is 0.590. The summed E-state index contributed by atoms with van der Waals surface area (Å²) in [5.41, 5.74) is 0.578. The molecule has 0 aliphatic rings. The van der Waals surface area contributed by atoms with Crippen LogP contribution in [-0.4, -0.2) is 20.1 Å². The first-order chi connectivity index (χ1) is 12.5. The molecule has 8 heteroatoms. The summed E-state index contributed by atoms with van der Waals surface area (Å²) in [7, 11) is 2.95. The summed E-state index contributed by atoms with van der Waals surface area (Å²) in [5, 5.41) is 14.5. The molecule has 2 aromatic rings. The molecule has 0 saturated carbocycles. The van der Waals surface area contributed by atoms with Crippen molar-refractivity contribution in [3.8, 4) is 17.6 Å². The molecule has 0 saturated heterocycles. The second-order valence-electron chi connectivity index (χ2n) is 4.96. The van der Waals surface area contributed by atoms with Crippen molar-refractivity contribution in [3.05, 3.63) is 59.0 Å². The van der Waals surface area contributed by atoms with Crippen LogP contribution in [0, 0.1) is 17.1 Å². The molecule has 1 amide bonds. The predicted molar refractivity (Wildman–Crippen MR) is 96.9 cm³/mol. The van der Waals surface area contributed by atoms with E-state index in [1.807, 2.05) is 0 Å². The fraction of sp³-hybridized carbons (Fsp3) is 0.111. The van der Waals surface area contributed by atoms with Gasteiger partial charge in [-0.3, -0.25) is 4.79 Å². The normalized spacial score (nSPS) is 10.7. The fourth-order valence-electron chi connectivity index (χ4n) is 1.99. The van der Waals surface area contributed by atoms with E-state index in [0.717, 1.165) is 0 Å². The van der Waals surface area contributed by atoms with Crippen LogP contribution >= 0.6 is 11.6 Å². The van der Waals surface area contributed by atoms with Crippen LogP contribution in [0.4, 0.5) is 15.8 Å². The van der Waals surface area contributed by atoms with Crippen molar-refractivity contribution >= 4 is 28.9 Å². The minimum atomic E-state index is -0.653. The van der Waals surface area contributed by atoms with E-state index in [1.54, 1.807) is 24.3 Å². The number of anilines is 2. The molecule has 2 aromatic carbocycles. The molecule has 0 radical (unpaired) electrons. The lowest BCUT2D eigenvalue weighted by molar-refractivity contribution is -0.112. The SMILES string of the molecule is COc1ccc(OC)c(NC(=O)/C(C#N)=C\Nc2ccc(F)c(Cl)c2)c1. The first-order valence-corrected chi connectivity index (χ1v) is 7.71. The molecule has 26 heavy (non-hydrogen) atoms. The van der Waals surface area contributed by atoms with E-state index in [1.165, 1.54) is 38.6 Å². The maximum Gasteiger partial charge on any atom is 0.267 e. The van der Waals surface area contributed by atoms with Crippen molar-refractivity contribution in [3.63, 3.8) is 0 Å². The minimum Gasteiger partial charge on any atom is -0.497 e. The molecule has 0 heterocycles. The second kappa shape index (κ2) is 8.74. The number of nitrogens with zero attached hydrogens (tertiary/aromatic N) is 1. The lowest BCUT2D eigenvalue weighted by Gasteiger charge is -2.11. The smallest absolute Gasteiger partial charge is 0.267 e. The average molecular weight is 376 g/mol. The molecule has 0 bridgehead atoms. The number of hydrogen-bond donors (Lipinski definition) is 2. The van der Waals surface area contributed by atoms with E-state index in [-0.39, 0.29) is 10.6 Å². The lowest BCUT2D eigenvalue weighted by atomic mass is 10.2. The van der Waals surface area contributed by atoms with Crippen LogP contribution in [0.5, 0.6) is 11.5 Å². The Bertz CT molecular complexity index is 894. The van der Waals surface area contributed by atoms with Gasteiger partial charge >= 0.3 is 0 Å². The van der Waals surface area contributed by atoms with Crippen LogP contribution < -0.4 is 20.1 Å². The van der Waals surface area contributed by atoms with Crippen LogP contribution in [0.1, 0.15) is 0 Å². The van der Waals surface area contributed by atoms with Crippen LogP contribution in [0.15, 0.2) is 48.2 Å². The number of benzene rings is 2. The van der Waals surface area contributed by atoms with Crippen molar-refractivity contribution in [2.24, 2.45) is 0 Å². The number of rotatable bonds is 6. The highest BCUT2D eigenvalue weighted by atomic mass is 35.5. The average Bonchev–Trinajstić information content (AvgIpc) is 2.65. The molecule has 0 atom stereocenters. The van der Waals surface area contributed by atoms with Gasteiger partial charge in [0.05, 0.1) is 24.9 Å². The van der Waals surface area contributed by atoms with Crippen LogP contribution in [0.25, 0.3) is 0 Å². The number of halogens is 2. The molecule has 0 fully saturated rings. The van der Waals surface area contributed by atoms with Gasteiger partial charge < -0.3 is 20.1 Å². The number of nitriles is 1. The van der Waals surface area contributed by atoms with Gasteiger partial charge in [-0.05, 0) is 30.3 Å². The Labute approximate surface area is 154 Å². The Kier molecular flexibility index (Phi) is 6.42. The van der Waals surface area contributed by atoms with Crippen LogP contribution in [0.3, 0.4) is 0 Å². The molecular formula is C18H15ClFN3O3. The monoisotopic (exact) mass is 375 g/mol. The van der Waals surface area contributed by atoms with Crippen molar-refractivity contribution in [2.75, 3.05) is 24.9 Å². The third-order valence-electron chi connectivity index (χ3n) is 3.32. The number of nitrogens with one attached hydrogen (secondary N) is 2. The van der Waals surface area contributed by atoms with E-state index < -0.39 is 11.7 Å². The molecule has 134 valence electrons. The molecule has 0 aliphatic carbocycles. The Balaban J connectivity index is 2.18. The predicted octanol–water partition coefficient (Wildman–Crippen LogP) is 3.95. The largest absolute Gasteiger partial charge is 0.497 e. The third-order valence-corrected chi connectivity index (χ3v) is 3.61. The molecule has 0 unspecified atom stereocenters. The molecule has 0 spiro atoms. The van der Waals surface area contributed by atoms with Gasteiger partial charge in [-0.1, -0.05) is 11.6 Å². The molecule has 0 aromatic heterocycles. The van der Waals surface area contributed by atoms with Crippen LogP contribution in [0.2, 0.25) is 5.02 Å². The lowest BCUT2D eigenvalue weighted by Crippen LogP contribution is -2.15. The highest BCUT2D eigenvalue weighted by molar-refractivity contribution is 6.31. The number of ether oxygens (including phenoxy) is 2. The van der Waals surface area contributed by atoms with E-state index in [0.29, 0.717) is 22.9 Å². The van der Waals surface area contributed by atoms with Gasteiger partial charge in [0.15, 0.2) is 0 Å². The van der Waals surface area contributed by atoms with Gasteiger partial charge in [0, 0.05) is 18.0 Å². The summed E-state index contributed by atoms with van der Waals surface area (Å²) < 4.78 is 23.4. The summed E-state index contributed by atoms with van der Waals surface area (Å²) in [6, 6.07) is 10.6. The Hall–Kier alpha value is -3.24. The molecule has 6 nitrogen and oxygen atoms in total. The zero-order chi connectivity index (χ0) is 19.1. The summed E-state index contributed by atoms with van der Waals surface area (Å²) in [6.07, 6.45) is 1.20. The highest BCUT2D eigenvalue weighted by Crippen LogP contribution is 2.29. The summed E-state index contributed by atoms with van der Waals surface area (Å²) in [6.45, 7) is 0. The highest BCUT2D eigenvalue weighted by Gasteiger charge is 2.13. The van der Waals surface area contributed by atoms with Gasteiger partial charge in [-0.2, -0.15) is 5.26 Å². The Morgan fingerprint density at radius 1 is 1.23 bits per heavy atom. The van der Waals surface area contributed by atoms with Gasteiger partial charge in [-0.15, -0.1) is 0 Å². The first-order valence-electron chi connectivity index (χ1n) is 7.33. The maximum atomic E-state index is 13.2. The number of methoxy groups -OCH3 is 2. The molecule has 2 N–H and O–H groups in total. The fourth-order valence-corrected chi connectivity index (χ4v) is 2.17. The van der Waals surface area contributed by atoms with Gasteiger partial charge in [0.1, 0.15) is 29.0 Å². The van der Waals surface area contributed by atoms with Crippen molar-refractivity contribution in [1.82, 2.24) is 0 Å². The second-order valence-corrected chi connectivity index (χ2v) is 5.37. The van der Waals surface area contributed by atoms with Crippen molar-refractivity contribution in [1.29, 1.82) is 5.26 Å². The van der Waals surface area contributed by atoms with E-state index in [4.69, 9.17) is 21.1 Å². The molecule has 0 aliphatic heterocycles. The van der Waals surface area contributed by atoms with Crippen LogP contribution in [-0.2, 0) is 4.79 Å². The summed E-state index contributed by atoms with van der Waals surface area (Å²) >= 11 is 5.69. The summed E-state index contributed by atoms with van der Waals surface area (Å²) in [4.78, 5) is 12.3. The van der Waals surface area contributed by atoms with Gasteiger partial charge in [-0.25, -0.2) is 4.39 Å². The maximum absolute atomic E-state index is 13.2. The van der Waals surface area contributed by atoms with Crippen molar-refractivity contribution < 1.29 is 18.7 Å². The number of amides is 1. The van der Waals surface area contributed by atoms with Gasteiger partial charge in [0.2, 0.25) is 0 Å². The first kappa shape index (κ1) is 19.1. The van der Waals surface area contributed by atoms with E-state index >= 15 is 0 Å². The zero-order valence-corrected chi connectivity index (χ0v) is 14.7. The standard InChI is InChI=1S/C18H15ClFN3O3/c1-25-13-4-6-17(26-2)16(8-13)23-18(24)11(9-21)10-22-12-3-5-15(20)14(19)7-12/h3-8,10,22H,1-2H3,(H,23,24)/b11-10-. The van der Waals surface area contributed by atoms with Gasteiger partial charge in [0.25, 0.3) is 5.91 Å². The number of carbonyl (C=O) groups excluding carboxylic acids is 1. The topological polar surface area (TPSA) is 83.4 Å². The Morgan fingerprint density at radius 2 is 2.00 bits per heavy atom. The third kappa shape index (κ3) is 4.65. The molecular weight excluding hydrogens is 361 g/mol. The van der Waals surface area contributed by atoms with Crippen molar-refractivity contribution in [2.45, 2.75) is 0 Å². The molecule has 2 rings (SSSR count). The number of carbonyl (C=O) groups is 1. The minimum absolute atomic E-state index is 0.0764. The Morgan fingerprint density at radius 3 is 2.62 bits per heavy atom. The number of hydrogen-bond acceptors (Lipinski definition) is 5. The zero-order valence-electron chi connectivity index (χ0n) is 14.0. The van der Waals surface area contributed by atoms with E-state index in [9.17, 15) is 14.4 Å². The summed E-state index contributed by atoms with van der Waals surface area (Å²) in [5.74, 6) is -0.290. The van der Waals surface area contributed by atoms with E-state index in [2.05, 4.69) is 10.6 Å².